The minimum atomic E-state index is -1.24. The molecule has 1 aliphatic rings. The van der Waals surface area contributed by atoms with Gasteiger partial charge in [-0.05, 0) is 52.4 Å². The van der Waals surface area contributed by atoms with Gasteiger partial charge in [0.2, 0.25) is 0 Å². The van der Waals surface area contributed by atoms with Crippen molar-refractivity contribution < 1.29 is 24.5 Å². The SMILES string of the molecule is O=Cc1cc(Cl)cc(C(O)C(O)CCNC(=O)OCC2c3ccccc3-c3ccccc32)c1. The van der Waals surface area contributed by atoms with Gasteiger partial charge in [-0.3, -0.25) is 4.79 Å². The molecule has 6 nitrogen and oxygen atoms in total. The highest BCUT2D eigenvalue weighted by atomic mass is 35.5. The molecular weight excluding hydrogens is 442 g/mol. The van der Waals surface area contributed by atoms with Crippen LogP contribution in [0.5, 0.6) is 0 Å². The van der Waals surface area contributed by atoms with Crippen molar-refractivity contribution in [1.29, 1.82) is 0 Å². The predicted molar refractivity (Wildman–Crippen MR) is 125 cm³/mol. The summed E-state index contributed by atoms with van der Waals surface area (Å²) in [5, 5.41) is 23.5. The summed E-state index contributed by atoms with van der Waals surface area (Å²) in [6.45, 7) is 0.304. The van der Waals surface area contributed by atoms with Gasteiger partial charge < -0.3 is 20.3 Å². The second-order valence-electron chi connectivity index (χ2n) is 7.99. The Bertz CT molecular complexity index is 1120. The Kier molecular flexibility index (Phi) is 7.08. The molecule has 0 heterocycles. The van der Waals surface area contributed by atoms with Crippen molar-refractivity contribution >= 4 is 24.0 Å². The van der Waals surface area contributed by atoms with E-state index in [2.05, 4.69) is 17.4 Å². The number of carbonyl (C=O) groups excluding carboxylic acids is 2. The summed E-state index contributed by atoms with van der Waals surface area (Å²) in [4.78, 5) is 23.2. The summed E-state index contributed by atoms with van der Waals surface area (Å²) >= 11 is 5.95. The normalized spacial score (nSPS) is 14.2. The first-order valence-corrected chi connectivity index (χ1v) is 11.1. The van der Waals surface area contributed by atoms with Crippen LogP contribution < -0.4 is 5.32 Å². The molecule has 33 heavy (non-hydrogen) atoms. The van der Waals surface area contributed by atoms with Crippen LogP contribution in [0.3, 0.4) is 0 Å². The van der Waals surface area contributed by atoms with Gasteiger partial charge in [0, 0.05) is 23.0 Å². The molecule has 0 bridgehead atoms. The first kappa shape index (κ1) is 23.0. The van der Waals surface area contributed by atoms with Gasteiger partial charge in [0.25, 0.3) is 0 Å². The predicted octanol–water partition coefficient (Wildman–Crippen LogP) is 4.48. The van der Waals surface area contributed by atoms with Crippen molar-refractivity contribution in [2.24, 2.45) is 0 Å². The summed E-state index contributed by atoms with van der Waals surface area (Å²) in [5.74, 6) is -0.0367. The van der Waals surface area contributed by atoms with E-state index in [1.807, 2.05) is 36.4 Å². The molecule has 3 aromatic rings. The van der Waals surface area contributed by atoms with Gasteiger partial charge in [-0.1, -0.05) is 60.1 Å². The highest BCUT2D eigenvalue weighted by Gasteiger charge is 2.29. The van der Waals surface area contributed by atoms with Gasteiger partial charge in [-0.15, -0.1) is 0 Å². The van der Waals surface area contributed by atoms with Crippen LogP contribution in [-0.2, 0) is 4.74 Å². The second-order valence-corrected chi connectivity index (χ2v) is 8.43. The molecular formula is C26H24ClNO5. The molecule has 4 rings (SSSR count). The lowest BCUT2D eigenvalue weighted by molar-refractivity contribution is 0.0136. The third-order valence-corrected chi connectivity index (χ3v) is 6.06. The number of carbonyl (C=O) groups is 2. The Morgan fingerprint density at radius 1 is 1.03 bits per heavy atom. The highest BCUT2D eigenvalue weighted by molar-refractivity contribution is 6.30. The van der Waals surface area contributed by atoms with Crippen LogP contribution >= 0.6 is 11.6 Å². The Balaban J connectivity index is 1.29. The Morgan fingerprint density at radius 3 is 2.30 bits per heavy atom. The van der Waals surface area contributed by atoms with Crippen LogP contribution in [-0.4, -0.2) is 41.8 Å². The number of rotatable bonds is 8. The fraction of sp³-hybridized carbons (Fsp3) is 0.231. The fourth-order valence-corrected chi connectivity index (χ4v) is 4.48. The van der Waals surface area contributed by atoms with Crippen molar-refractivity contribution in [3.63, 3.8) is 0 Å². The van der Waals surface area contributed by atoms with E-state index in [0.717, 1.165) is 22.3 Å². The Morgan fingerprint density at radius 2 is 1.67 bits per heavy atom. The van der Waals surface area contributed by atoms with Crippen LogP contribution in [0, 0.1) is 0 Å². The summed E-state index contributed by atoms with van der Waals surface area (Å²) < 4.78 is 5.46. The van der Waals surface area contributed by atoms with Gasteiger partial charge in [0.05, 0.1) is 6.10 Å². The molecule has 0 aliphatic heterocycles. The molecule has 2 unspecified atom stereocenters. The highest BCUT2D eigenvalue weighted by Crippen LogP contribution is 2.44. The maximum atomic E-state index is 12.2. The van der Waals surface area contributed by atoms with Crippen molar-refractivity contribution in [3.05, 3.63) is 94.0 Å². The Labute approximate surface area is 196 Å². The lowest BCUT2D eigenvalue weighted by Gasteiger charge is -2.19. The number of aldehydes is 1. The van der Waals surface area contributed by atoms with Crippen molar-refractivity contribution in [2.45, 2.75) is 24.5 Å². The zero-order valence-electron chi connectivity index (χ0n) is 17.8. The topological polar surface area (TPSA) is 95.9 Å². The van der Waals surface area contributed by atoms with E-state index in [-0.39, 0.29) is 30.5 Å². The summed E-state index contributed by atoms with van der Waals surface area (Å²) in [6.07, 6.45) is -2.28. The van der Waals surface area contributed by atoms with E-state index < -0.39 is 18.3 Å². The molecule has 3 aromatic carbocycles. The molecule has 0 saturated carbocycles. The van der Waals surface area contributed by atoms with Crippen LogP contribution in [0.25, 0.3) is 11.1 Å². The molecule has 0 fully saturated rings. The zero-order chi connectivity index (χ0) is 23.4. The third-order valence-electron chi connectivity index (χ3n) is 5.84. The molecule has 7 heteroatoms. The zero-order valence-corrected chi connectivity index (χ0v) is 18.5. The van der Waals surface area contributed by atoms with Gasteiger partial charge in [-0.25, -0.2) is 4.79 Å². The number of hydrogen-bond donors (Lipinski definition) is 3. The standard InChI is InChI=1S/C26H24ClNO5/c27-18-12-16(14-29)11-17(13-18)25(31)24(30)9-10-28-26(32)33-15-23-21-7-3-1-5-19(21)20-6-2-4-8-22(20)23/h1-8,11-14,23-25,30-31H,9-10,15H2,(H,28,32). The average Bonchev–Trinajstić information content (AvgIpc) is 3.15. The smallest absolute Gasteiger partial charge is 0.407 e. The lowest BCUT2D eigenvalue weighted by atomic mass is 9.98. The number of amides is 1. The van der Waals surface area contributed by atoms with Crippen molar-refractivity contribution in [2.75, 3.05) is 13.2 Å². The van der Waals surface area contributed by atoms with Gasteiger partial charge in [0.1, 0.15) is 19.0 Å². The molecule has 0 spiro atoms. The fourth-order valence-electron chi connectivity index (χ4n) is 4.23. The third kappa shape index (κ3) is 5.09. The monoisotopic (exact) mass is 465 g/mol. The summed E-state index contributed by atoms with van der Waals surface area (Å²) in [5.41, 5.74) is 5.19. The molecule has 2 atom stereocenters. The van der Waals surface area contributed by atoms with Gasteiger partial charge in [-0.2, -0.15) is 0 Å². The van der Waals surface area contributed by atoms with Gasteiger partial charge in [0.15, 0.2) is 0 Å². The van der Waals surface area contributed by atoms with Gasteiger partial charge >= 0.3 is 6.09 Å². The number of aliphatic hydroxyl groups excluding tert-OH is 2. The number of aliphatic hydroxyl groups is 2. The Hall–Kier alpha value is -3.19. The van der Waals surface area contributed by atoms with Crippen molar-refractivity contribution in [1.82, 2.24) is 5.32 Å². The summed E-state index contributed by atoms with van der Waals surface area (Å²) in [7, 11) is 0. The number of fused-ring (bicyclic) bond motifs is 3. The molecule has 170 valence electrons. The van der Waals surface area contributed by atoms with E-state index in [4.69, 9.17) is 16.3 Å². The molecule has 0 aromatic heterocycles. The van der Waals surface area contributed by atoms with E-state index in [1.54, 1.807) is 0 Å². The largest absolute Gasteiger partial charge is 0.449 e. The minimum Gasteiger partial charge on any atom is -0.449 e. The van der Waals surface area contributed by atoms with E-state index in [9.17, 15) is 19.8 Å². The number of hydrogen-bond acceptors (Lipinski definition) is 5. The number of benzene rings is 3. The van der Waals surface area contributed by atoms with E-state index >= 15 is 0 Å². The van der Waals surface area contributed by atoms with Crippen LogP contribution in [0.15, 0.2) is 66.7 Å². The maximum absolute atomic E-state index is 12.2. The molecule has 1 amide bonds. The number of ether oxygens (including phenoxy) is 1. The molecule has 1 aliphatic carbocycles. The molecule has 3 N–H and O–H groups in total. The number of alkyl carbamates (subject to hydrolysis) is 1. The van der Waals surface area contributed by atoms with E-state index in [0.29, 0.717) is 17.4 Å². The number of nitrogens with one attached hydrogen (secondary N) is 1. The number of halogens is 1. The first-order chi connectivity index (χ1) is 16.0. The average molecular weight is 466 g/mol. The maximum Gasteiger partial charge on any atom is 0.407 e. The lowest BCUT2D eigenvalue weighted by Crippen LogP contribution is -2.30. The minimum absolute atomic E-state index is 0.0367. The molecule has 0 saturated heterocycles. The molecule has 0 radical (unpaired) electrons. The quantitative estimate of drug-likeness (QED) is 0.426. The van der Waals surface area contributed by atoms with Crippen LogP contribution in [0.4, 0.5) is 4.79 Å². The van der Waals surface area contributed by atoms with Crippen LogP contribution in [0.1, 0.15) is 45.5 Å². The summed E-state index contributed by atoms with van der Waals surface area (Å²) in [6, 6.07) is 20.6. The second kappa shape index (κ2) is 10.2. The van der Waals surface area contributed by atoms with Crippen molar-refractivity contribution in [3.8, 4) is 11.1 Å². The van der Waals surface area contributed by atoms with Crippen LogP contribution in [0.2, 0.25) is 5.02 Å². The first-order valence-electron chi connectivity index (χ1n) is 10.7. The van der Waals surface area contributed by atoms with E-state index in [1.165, 1.54) is 18.2 Å².